The molecule has 0 amide bonds. The van der Waals surface area contributed by atoms with E-state index in [1.54, 1.807) is 0 Å². The molecule has 0 radical (unpaired) electrons. The van der Waals surface area contributed by atoms with Gasteiger partial charge in [-0.1, -0.05) is 12.5 Å². The number of rotatable bonds is 0. The van der Waals surface area contributed by atoms with Gasteiger partial charge in [0, 0.05) is 17.8 Å². The third-order valence-corrected chi connectivity index (χ3v) is 9.25. The van der Waals surface area contributed by atoms with Crippen LogP contribution < -0.4 is 0 Å². The van der Waals surface area contributed by atoms with Gasteiger partial charge >= 0.3 is 0 Å². The maximum absolute atomic E-state index is 12.0. The zero-order chi connectivity index (χ0) is 17.8. The number of carbonyl (C=O) groups is 1. The first-order valence-corrected chi connectivity index (χ1v) is 10.4. The third kappa shape index (κ3) is 1.70. The second-order valence-electron chi connectivity index (χ2n) is 9.91. The Balaban J connectivity index is 1.45. The summed E-state index contributed by atoms with van der Waals surface area (Å²) in [5, 5.41) is 20.8. The summed E-state index contributed by atoms with van der Waals surface area (Å²) in [5.41, 5.74) is 1.26. The Kier molecular flexibility index (Phi) is 3.11. The number of allylic oxidation sites excluding steroid dienone is 1. The number of carbonyl (C=O) groups excluding carboxylic acids is 1. The number of ketones is 1. The summed E-state index contributed by atoms with van der Waals surface area (Å²) < 4.78 is 12.3. The third-order valence-electron chi connectivity index (χ3n) is 9.25. The van der Waals surface area contributed by atoms with Gasteiger partial charge in [0.05, 0.1) is 6.10 Å². The zero-order valence-corrected chi connectivity index (χ0v) is 15.3. The molecule has 0 aromatic heterocycles. The van der Waals surface area contributed by atoms with Gasteiger partial charge in [0.1, 0.15) is 6.10 Å². The van der Waals surface area contributed by atoms with Crippen LogP contribution in [0, 0.1) is 34.5 Å². The number of hydrogen-bond donors (Lipinski definition) is 2. The maximum atomic E-state index is 12.0. The number of fused-ring (bicyclic) bond motifs is 6. The van der Waals surface area contributed by atoms with E-state index in [0.29, 0.717) is 24.2 Å². The van der Waals surface area contributed by atoms with E-state index in [1.165, 1.54) is 5.57 Å². The number of aliphatic hydroxyl groups is 2. The summed E-state index contributed by atoms with van der Waals surface area (Å²) in [4.78, 5) is 12.0. The summed E-state index contributed by atoms with van der Waals surface area (Å²) in [7, 11) is 0. The van der Waals surface area contributed by atoms with Gasteiger partial charge in [-0.05, 0) is 67.8 Å². The van der Waals surface area contributed by atoms with E-state index >= 15 is 0 Å². The normalized spacial score (nSPS) is 60.1. The lowest BCUT2D eigenvalue weighted by molar-refractivity contribution is -0.325. The van der Waals surface area contributed by atoms with Crippen LogP contribution in [0.1, 0.15) is 51.9 Å². The molecule has 5 nitrogen and oxygen atoms in total. The van der Waals surface area contributed by atoms with Crippen molar-refractivity contribution in [3.63, 3.8) is 0 Å². The first-order chi connectivity index (χ1) is 12.4. The van der Waals surface area contributed by atoms with Gasteiger partial charge in [0.25, 0.3) is 0 Å². The Hall–Kier alpha value is -0.750. The first kappa shape index (κ1) is 16.2. The van der Waals surface area contributed by atoms with Crippen molar-refractivity contribution in [3.05, 3.63) is 11.6 Å². The van der Waals surface area contributed by atoms with Crippen molar-refractivity contribution >= 4 is 5.78 Å². The minimum Gasteiger partial charge on any atom is -0.388 e. The lowest BCUT2D eigenvalue weighted by Crippen LogP contribution is -2.59. The van der Waals surface area contributed by atoms with Crippen LogP contribution in [-0.4, -0.2) is 40.8 Å². The molecule has 3 unspecified atom stereocenters. The van der Waals surface area contributed by atoms with E-state index in [-0.39, 0.29) is 34.9 Å². The Morgan fingerprint density at radius 2 is 1.92 bits per heavy atom. The molecule has 3 saturated carbocycles. The molecule has 6 rings (SSSR count). The fourth-order valence-corrected chi connectivity index (χ4v) is 8.30. The fourth-order valence-electron chi connectivity index (χ4n) is 8.30. The van der Waals surface area contributed by atoms with E-state index in [1.807, 2.05) is 6.08 Å². The smallest absolute Gasteiger partial charge is 0.184 e. The quantitative estimate of drug-likeness (QED) is 0.692. The second kappa shape index (κ2) is 4.99. The predicted octanol–water partition coefficient (Wildman–Crippen LogP) is 2.16. The highest BCUT2D eigenvalue weighted by molar-refractivity contribution is 5.91. The van der Waals surface area contributed by atoms with E-state index in [4.69, 9.17) is 9.47 Å². The zero-order valence-electron chi connectivity index (χ0n) is 15.3. The maximum Gasteiger partial charge on any atom is 0.184 e. The average Bonchev–Trinajstić information content (AvgIpc) is 3.15. The molecule has 2 aliphatic heterocycles. The summed E-state index contributed by atoms with van der Waals surface area (Å²) in [5.74, 6) is 1.86. The molecule has 2 bridgehead atoms. The van der Waals surface area contributed by atoms with E-state index in [9.17, 15) is 15.0 Å². The molecular formula is C21H28O5. The van der Waals surface area contributed by atoms with Crippen LogP contribution >= 0.6 is 0 Å². The Morgan fingerprint density at radius 1 is 1.12 bits per heavy atom. The van der Waals surface area contributed by atoms with Crippen LogP contribution in [0.15, 0.2) is 11.6 Å². The highest BCUT2D eigenvalue weighted by atomic mass is 16.7. The van der Waals surface area contributed by atoms with Crippen molar-refractivity contribution in [2.75, 3.05) is 0 Å². The summed E-state index contributed by atoms with van der Waals surface area (Å²) in [6.45, 7) is 2.35. The van der Waals surface area contributed by atoms with Gasteiger partial charge in [0.15, 0.2) is 18.4 Å². The second-order valence-corrected chi connectivity index (χ2v) is 9.91. The summed E-state index contributed by atoms with van der Waals surface area (Å²) in [6, 6.07) is 0. The molecule has 4 aliphatic carbocycles. The molecule has 5 heteroatoms. The van der Waals surface area contributed by atoms with Crippen LogP contribution in [0.3, 0.4) is 0 Å². The van der Waals surface area contributed by atoms with Crippen LogP contribution in [0.4, 0.5) is 0 Å². The molecule has 2 saturated heterocycles. The number of hydrogen-bond acceptors (Lipinski definition) is 5. The lowest BCUT2D eigenvalue weighted by atomic mass is 9.46. The molecule has 26 heavy (non-hydrogen) atoms. The molecule has 142 valence electrons. The number of ether oxygens (including phenoxy) is 2. The van der Waals surface area contributed by atoms with Crippen LogP contribution in [-0.2, 0) is 14.3 Å². The highest BCUT2D eigenvalue weighted by Crippen LogP contribution is 2.73. The summed E-state index contributed by atoms with van der Waals surface area (Å²) in [6.07, 6.45) is 6.43. The topological polar surface area (TPSA) is 76.0 Å². The van der Waals surface area contributed by atoms with Crippen molar-refractivity contribution in [3.8, 4) is 0 Å². The molecule has 1 spiro atoms. The minimum absolute atomic E-state index is 0.0475. The number of aliphatic hydroxyl groups excluding tert-OH is 2. The largest absolute Gasteiger partial charge is 0.388 e. The van der Waals surface area contributed by atoms with E-state index in [0.717, 1.165) is 38.5 Å². The molecule has 2 heterocycles. The standard InChI is InChI=1S/C21H28O5/c1-20-7-6-11(22)8-10(20)2-3-12-13-4-5-14-17(23)18(24)26-19-21(13,14)9-15(25-19)16(12)20/h8,12-19,23-24H,2-7,9H2,1H3/t12-,13-,14+,15-,16+,17?,18?,19?,20-,21+/m0/s1. The molecular weight excluding hydrogens is 332 g/mol. The first-order valence-electron chi connectivity index (χ1n) is 10.4. The van der Waals surface area contributed by atoms with Crippen molar-refractivity contribution < 1.29 is 24.5 Å². The van der Waals surface area contributed by atoms with Gasteiger partial charge in [0.2, 0.25) is 0 Å². The summed E-state index contributed by atoms with van der Waals surface area (Å²) >= 11 is 0. The molecule has 0 aromatic carbocycles. The van der Waals surface area contributed by atoms with Gasteiger partial charge in [-0.15, -0.1) is 0 Å². The van der Waals surface area contributed by atoms with Crippen molar-refractivity contribution in [2.45, 2.75) is 76.7 Å². The van der Waals surface area contributed by atoms with Crippen LogP contribution in [0.5, 0.6) is 0 Å². The Labute approximate surface area is 153 Å². The van der Waals surface area contributed by atoms with Crippen LogP contribution in [0.25, 0.3) is 0 Å². The SMILES string of the molecule is C[C@]12CCC(=O)C=C1CC[C@@H]1[C@@H]2[C@@H]2C[C@]34C(OC(O)C(O)[C@H]3CC[C@@H]14)O2. The molecule has 10 atom stereocenters. The minimum atomic E-state index is -1.13. The van der Waals surface area contributed by atoms with Gasteiger partial charge in [-0.2, -0.15) is 0 Å². The lowest BCUT2D eigenvalue weighted by Gasteiger charge is -2.58. The van der Waals surface area contributed by atoms with Gasteiger partial charge < -0.3 is 19.7 Å². The van der Waals surface area contributed by atoms with E-state index in [2.05, 4.69) is 6.92 Å². The van der Waals surface area contributed by atoms with Gasteiger partial charge in [-0.3, -0.25) is 4.79 Å². The fraction of sp³-hybridized carbons (Fsp3) is 0.857. The Morgan fingerprint density at radius 3 is 2.77 bits per heavy atom. The van der Waals surface area contributed by atoms with E-state index < -0.39 is 12.4 Å². The van der Waals surface area contributed by atoms with Crippen LogP contribution in [0.2, 0.25) is 0 Å². The van der Waals surface area contributed by atoms with Crippen molar-refractivity contribution in [2.24, 2.45) is 34.5 Å². The molecule has 6 aliphatic rings. The Bertz CT molecular complexity index is 703. The molecule has 5 fully saturated rings. The molecule has 2 N–H and O–H groups in total. The van der Waals surface area contributed by atoms with Crippen molar-refractivity contribution in [1.82, 2.24) is 0 Å². The highest BCUT2D eigenvalue weighted by Gasteiger charge is 2.73. The van der Waals surface area contributed by atoms with Crippen molar-refractivity contribution in [1.29, 1.82) is 0 Å². The monoisotopic (exact) mass is 360 g/mol. The molecule has 0 aromatic rings. The average molecular weight is 360 g/mol. The predicted molar refractivity (Wildman–Crippen MR) is 91.7 cm³/mol. The van der Waals surface area contributed by atoms with Gasteiger partial charge in [-0.25, -0.2) is 0 Å².